The molecule has 1 aromatic rings. The zero-order valence-corrected chi connectivity index (χ0v) is 7.62. The molecule has 0 aromatic carbocycles. The number of nitrogens with zero attached hydrogens (tertiary/aromatic N) is 1. The number of aromatic amines is 1. The van der Waals surface area contributed by atoms with Gasteiger partial charge < -0.3 is 11.1 Å². The molecule has 1 aromatic heterocycles. The average molecular weight is 196 g/mol. The fourth-order valence-corrected chi connectivity index (χ4v) is 0.958. The van der Waals surface area contributed by atoms with Crippen molar-refractivity contribution in [3.63, 3.8) is 0 Å². The largest absolute Gasteiger partial charge is 0.364 e. The van der Waals surface area contributed by atoms with Gasteiger partial charge in [-0.3, -0.25) is 14.7 Å². The van der Waals surface area contributed by atoms with Crippen molar-refractivity contribution in [1.29, 1.82) is 0 Å². The predicted molar refractivity (Wildman–Crippen MR) is 49.3 cm³/mol. The molecule has 1 aliphatic heterocycles. The van der Waals surface area contributed by atoms with Gasteiger partial charge in [0.25, 0.3) is 5.91 Å². The number of nitrogens with two attached hydrogens (primary N) is 1. The van der Waals surface area contributed by atoms with Crippen molar-refractivity contribution in [1.82, 2.24) is 15.5 Å². The maximum atomic E-state index is 10.2. The molecular formula is C8H12N4O2. The van der Waals surface area contributed by atoms with Crippen molar-refractivity contribution in [3.05, 3.63) is 18.0 Å². The molecule has 2 amide bonds. The molecule has 6 heteroatoms. The number of amides is 2. The Morgan fingerprint density at radius 3 is 2.57 bits per heavy atom. The molecule has 1 saturated heterocycles. The van der Waals surface area contributed by atoms with E-state index in [1.807, 2.05) is 0 Å². The van der Waals surface area contributed by atoms with Gasteiger partial charge in [0, 0.05) is 19.2 Å². The highest BCUT2D eigenvalue weighted by Crippen LogP contribution is 1.93. The molecule has 2 rings (SSSR count). The quantitative estimate of drug-likeness (QED) is 0.559. The highest BCUT2D eigenvalue weighted by atomic mass is 16.2. The van der Waals surface area contributed by atoms with Gasteiger partial charge in [-0.2, -0.15) is 5.10 Å². The van der Waals surface area contributed by atoms with E-state index in [9.17, 15) is 9.59 Å². The topological polar surface area (TPSA) is 101 Å². The highest BCUT2D eigenvalue weighted by molar-refractivity contribution is 5.90. The lowest BCUT2D eigenvalue weighted by Gasteiger charge is -1.80. The van der Waals surface area contributed by atoms with Crippen LogP contribution in [0.15, 0.2) is 12.3 Å². The summed E-state index contributed by atoms with van der Waals surface area (Å²) in [5.41, 5.74) is 5.19. The van der Waals surface area contributed by atoms with Gasteiger partial charge in [0.2, 0.25) is 5.91 Å². The molecule has 0 saturated carbocycles. The molecule has 1 aliphatic rings. The summed E-state index contributed by atoms with van der Waals surface area (Å²) in [4.78, 5) is 20.3. The Morgan fingerprint density at radius 1 is 1.57 bits per heavy atom. The first-order valence-electron chi connectivity index (χ1n) is 4.26. The molecule has 14 heavy (non-hydrogen) atoms. The van der Waals surface area contributed by atoms with Gasteiger partial charge in [-0.1, -0.05) is 0 Å². The van der Waals surface area contributed by atoms with Crippen LogP contribution < -0.4 is 11.1 Å². The van der Waals surface area contributed by atoms with Gasteiger partial charge >= 0.3 is 0 Å². The summed E-state index contributed by atoms with van der Waals surface area (Å²) in [5, 5.41) is 8.61. The highest BCUT2D eigenvalue weighted by Gasteiger charge is 2.05. The van der Waals surface area contributed by atoms with E-state index in [-0.39, 0.29) is 5.91 Å². The Kier molecular flexibility index (Phi) is 3.66. The molecule has 0 spiro atoms. The van der Waals surface area contributed by atoms with E-state index in [1.54, 1.807) is 0 Å². The third kappa shape index (κ3) is 3.26. The van der Waals surface area contributed by atoms with Crippen molar-refractivity contribution in [2.75, 3.05) is 6.54 Å². The predicted octanol–water partition coefficient (Wildman–Crippen LogP) is -0.595. The fourth-order valence-electron chi connectivity index (χ4n) is 0.958. The van der Waals surface area contributed by atoms with E-state index in [4.69, 9.17) is 5.73 Å². The van der Waals surface area contributed by atoms with Crippen LogP contribution in [-0.4, -0.2) is 28.6 Å². The second-order valence-corrected chi connectivity index (χ2v) is 2.79. The zero-order valence-electron chi connectivity index (χ0n) is 7.62. The van der Waals surface area contributed by atoms with Crippen LogP contribution in [0.4, 0.5) is 0 Å². The van der Waals surface area contributed by atoms with Crippen molar-refractivity contribution in [3.8, 4) is 0 Å². The van der Waals surface area contributed by atoms with Crippen LogP contribution in [0.2, 0.25) is 0 Å². The SMILES string of the molecule is NC(=O)c1ccn[nH]1.O=C1CCCN1. The Morgan fingerprint density at radius 2 is 2.36 bits per heavy atom. The molecule has 4 N–H and O–H groups in total. The van der Waals surface area contributed by atoms with E-state index in [2.05, 4.69) is 15.5 Å². The minimum absolute atomic E-state index is 0.204. The average Bonchev–Trinajstić information content (AvgIpc) is 2.75. The maximum Gasteiger partial charge on any atom is 0.266 e. The van der Waals surface area contributed by atoms with Gasteiger partial charge in [0.05, 0.1) is 0 Å². The van der Waals surface area contributed by atoms with Crippen LogP contribution in [0, 0.1) is 0 Å². The number of H-pyrrole nitrogens is 1. The van der Waals surface area contributed by atoms with Crippen LogP contribution in [0.5, 0.6) is 0 Å². The van der Waals surface area contributed by atoms with Gasteiger partial charge in [-0.05, 0) is 12.5 Å². The number of carbonyl (C=O) groups excluding carboxylic acids is 2. The van der Waals surface area contributed by atoms with Crippen LogP contribution in [0.1, 0.15) is 23.3 Å². The molecule has 76 valence electrons. The summed E-state index contributed by atoms with van der Waals surface area (Å²) in [6.45, 7) is 0.888. The monoisotopic (exact) mass is 196 g/mol. The number of primary amides is 1. The summed E-state index contributed by atoms with van der Waals surface area (Å²) in [5.74, 6) is -0.280. The number of carbonyl (C=O) groups is 2. The van der Waals surface area contributed by atoms with E-state index >= 15 is 0 Å². The third-order valence-corrected chi connectivity index (χ3v) is 1.67. The van der Waals surface area contributed by atoms with Crippen molar-refractivity contribution in [2.45, 2.75) is 12.8 Å². The molecule has 6 nitrogen and oxygen atoms in total. The van der Waals surface area contributed by atoms with Gasteiger partial charge in [0.1, 0.15) is 5.69 Å². The van der Waals surface area contributed by atoms with E-state index < -0.39 is 5.91 Å². The summed E-state index contributed by atoms with van der Waals surface area (Å²) in [6.07, 6.45) is 3.24. The Hall–Kier alpha value is -1.85. The van der Waals surface area contributed by atoms with Crippen LogP contribution >= 0.6 is 0 Å². The Labute approximate surface area is 80.9 Å². The minimum atomic E-state index is -0.484. The lowest BCUT2D eigenvalue weighted by atomic mass is 10.4. The molecule has 0 atom stereocenters. The van der Waals surface area contributed by atoms with Gasteiger partial charge in [-0.15, -0.1) is 0 Å². The van der Waals surface area contributed by atoms with Crippen LogP contribution in [0.25, 0.3) is 0 Å². The lowest BCUT2D eigenvalue weighted by molar-refractivity contribution is -0.119. The molecular weight excluding hydrogens is 184 g/mol. The second-order valence-electron chi connectivity index (χ2n) is 2.79. The standard InChI is InChI=1S/C4H5N3O.C4H7NO/c5-4(8)3-1-2-6-7-3;6-4-2-1-3-5-4/h1-2H,(H2,5,8)(H,6,7);1-3H2,(H,5,6). The van der Waals surface area contributed by atoms with Crippen LogP contribution in [-0.2, 0) is 4.79 Å². The first-order chi connectivity index (χ1) is 6.70. The summed E-state index contributed by atoms with van der Waals surface area (Å²) < 4.78 is 0. The number of nitrogens with one attached hydrogen (secondary N) is 2. The Bertz CT molecular complexity index is 299. The first-order valence-corrected chi connectivity index (χ1v) is 4.26. The first kappa shape index (κ1) is 10.2. The molecule has 0 aliphatic carbocycles. The molecule has 0 radical (unpaired) electrons. The van der Waals surface area contributed by atoms with Crippen molar-refractivity contribution in [2.24, 2.45) is 5.73 Å². The maximum absolute atomic E-state index is 10.2. The molecule has 2 heterocycles. The van der Waals surface area contributed by atoms with E-state index in [0.717, 1.165) is 19.4 Å². The molecule has 1 fully saturated rings. The lowest BCUT2D eigenvalue weighted by Crippen LogP contribution is -2.12. The summed E-state index contributed by atoms with van der Waals surface area (Å²) in [6, 6.07) is 1.52. The molecule has 0 unspecified atom stereocenters. The summed E-state index contributed by atoms with van der Waals surface area (Å²) in [7, 11) is 0. The second kappa shape index (κ2) is 5.00. The van der Waals surface area contributed by atoms with Crippen LogP contribution in [0.3, 0.4) is 0 Å². The van der Waals surface area contributed by atoms with E-state index in [0.29, 0.717) is 5.69 Å². The smallest absolute Gasteiger partial charge is 0.266 e. The third-order valence-electron chi connectivity index (χ3n) is 1.67. The number of hydrogen-bond donors (Lipinski definition) is 3. The summed E-state index contributed by atoms with van der Waals surface area (Å²) >= 11 is 0. The molecule has 0 bridgehead atoms. The van der Waals surface area contributed by atoms with Crippen molar-refractivity contribution < 1.29 is 9.59 Å². The van der Waals surface area contributed by atoms with Gasteiger partial charge in [-0.25, -0.2) is 0 Å². The van der Waals surface area contributed by atoms with Crippen molar-refractivity contribution >= 4 is 11.8 Å². The number of rotatable bonds is 1. The minimum Gasteiger partial charge on any atom is -0.364 e. The Balaban J connectivity index is 0.000000146. The zero-order chi connectivity index (χ0) is 10.4. The number of aromatic nitrogens is 2. The van der Waals surface area contributed by atoms with E-state index in [1.165, 1.54) is 12.3 Å². The fraction of sp³-hybridized carbons (Fsp3) is 0.375. The normalized spacial score (nSPS) is 14.1. The van der Waals surface area contributed by atoms with Gasteiger partial charge in [0.15, 0.2) is 0 Å². The number of hydrogen-bond acceptors (Lipinski definition) is 3.